The molecule has 52 heavy (non-hydrogen) atoms. The topological polar surface area (TPSA) is 131 Å². The average molecular weight is 720 g/mol. The molecule has 3 N–H and O–H groups in total. The van der Waals surface area contributed by atoms with E-state index in [4.69, 9.17) is 14.6 Å². The second kappa shape index (κ2) is 15.1. The number of pyridine rings is 1. The first-order valence-corrected chi connectivity index (χ1v) is 19.4. The summed E-state index contributed by atoms with van der Waals surface area (Å²) in [5.74, 6) is -0.507. The van der Waals surface area contributed by atoms with Gasteiger partial charge in [-0.25, -0.2) is 13.5 Å². The zero-order valence-corrected chi connectivity index (χ0v) is 30.1. The summed E-state index contributed by atoms with van der Waals surface area (Å²) < 4.78 is 45.4. The van der Waals surface area contributed by atoms with Gasteiger partial charge in [0.25, 0.3) is 0 Å². The molecule has 3 aromatic heterocycles. The van der Waals surface area contributed by atoms with Crippen molar-refractivity contribution >= 4 is 21.8 Å². The van der Waals surface area contributed by atoms with Gasteiger partial charge in [0.1, 0.15) is 24.0 Å². The van der Waals surface area contributed by atoms with Gasteiger partial charge in [0.15, 0.2) is 12.0 Å². The summed E-state index contributed by atoms with van der Waals surface area (Å²) in [5, 5.41) is 30.9. The van der Waals surface area contributed by atoms with Crippen molar-refractivity contribution in [1.82, 2.24) is 34.9 Å². The molecule has 0 aliphatic carbocycles. The van der Waals surface area contributed by atoms with Crippen LogP contribution >= 0.6 is 0 Å². The number of aliphatic hydroxyl groups excluding tert-OH is 1. The highest BCUT2D eigenvalue weighted by Crippen LogP contribution is 2.42. The number of aliphatic hydroxyl groups is 1. The monoisotopic (exact) mass is 719 g/mol. The number of rotatable bonds is 12. The first-order valence-electron chi connectivity index (χ1n) is 19.4. The summed E-state index contributed by atoms with van der Waals surface area (Å²) in [6.45, 7) is 6.14. The Morgan fingerprint density at radius 2 is 2.04 bits per heavy atom. The van der Waals surface area contributed by atoms with Crippen molar-refractivity contribution in [3.05, 3.63) is 35.4 Å². The van der Waals surface area contributed by atoms with Gasteiger partial charge in [-0.15, -0.1) is 0 Å². The quantitative estimate of drug-likeness (QED) is 0.153. The molecule has 8 rings (SSSR count). The van der Waals surface area contributed by atoms with Crippen LogP contribution in [0.25, 0.3) is 33.1 Å². The van der Waals surface area contributed by atoms with Gasteiger partial charge in [-0.05, 0) is 127 Å². The lowest BCUT2D eigenvalue weighted by atomic mass is 9.89. The van der Waals surface area contributed by atoms with Crippen molar-refractivity contribution in [3.8, 4) is 23.1 Å². The number of hydrogen-bond donors (Lipinski definition) is 3. The lowest BCUT2D eigenvalue weighted by Crippen LogP contribution is -2.43. The molecule has 0 spiro atoms. The number of alkyl halides is 1. The number of aromatic hydroxyl groups is 1. The Bertz CT molecular complexity index is 1900. The second-order valence-corrected chi connectivity index (χ2v) is 15.6. The molecule has 3 unspecified atom stereocenters. The van der Waals surface area contributed by atoms with Crippen LogP contribution in [0.2, 0.25) is 0 Å². The van der Waals surface area contributed by atoms with E-state index >= 15 is 4.39 Å². The van der Waals surface area contributed by atoms with Gasteiger partial charge in [0.2, 0.25) is 5.88 Å². The predicted molar refractivity (Wildman–Crippen MR) is 194 cm³/mol. The third kappa shape index (κ3) is 6.97. The average Bonchev–Trinajstić information content (AvgIpc) is 3.83. The number of benzene rings is 1. The third-order valence-electron chi connectivity index (χ3n) is 12.0. The van der Waals surface area contributed by atoms with Gasteiger partial charge in [-0.2, -0.15) is 15.1 Å². The normalized spacial score (nSPS) is 26.0. The van der Waals surface area contributed by atoms with Gasteiger partial charge in [-0.3, -0.25) is 9.88 Å². The maximum atomic E-state index is 17.0. The molecular formula is C39H51F2N7O4. The molecule has 11 nitrogen and oxygen atoms in total. The van der Waals surface area contributed by atoms with Crippen LogP contribution in [0, 0.1) is 18.7 Å². The van der Waals surface area contributed by atoms with Crippen molar-refractivity contribution < 1.29 is 28.5 Å². The highest BCUT2D eigenvalue weighted by Gasteiger charge is 2.49. The van der Waals surface area contributed by atoms with Crippen LogP contribution in [0.15, 0.2) is 18.5 Å². The van der Waals surface area contributed by atoms with Crippen LogP contribution in [0.3, 0.4) is 0 Å². The van der Waals surface area contributed by atoms with E-state index in [9.17, 15) is 14.6 Å². The van der Waals surface area contributed by atoms with Crippen molar-refractivity contribution in [3.63, 3.8) is 0 Å². The molecule has 1 aromatic carbocycles. The number of nitrogens with one attached hydrogen (secondary N) is 1. The zero-order chi connectivity index (χ0) is 35.8. The standard InChI is InChI=1S/C39H51F2N7O4/c1-24-17-31-29(21-44-48(31)32-10-2-3-16-51-32)33(28(24)9-4-8-27(49)12-11-25-7-5-14-42-19-25)36-34(41)35-30(20-43-36)37(50)46-38(45-35)52-23-39-13-6-15-47(39)22-26(40)18-39/h17,20-21,25-27,32,42,49H,2-16,18-19,22-23H2,1H3,(H,45,46,50)/t25?,26-,27?,32?,39+/m1/s1. The van der Waals surface area contributed by atoms with E-state index in [0.29, 0.717) is 43.9 Å². The van der Waals surface area contributed by atoms with Crippen LogP contribution in [0.4, 0.5) is 8.78 Å². The molecule has 0 bridgehead atoms. The largest absolute Gasteiger partial charge is 0.493 e. The molecule has 4 saturated heterocycles. The van der Waals surface area contributed by atoms with E-state index in [1.807, 2.05) is 11.6 Å². The Balaban J connectivity index is 1.12. The summed E-state index contributed by atoms with van der Waals surface area (Å²) in [6.07, 6.45) is 12.8. The van der Waals surface area contributed by atoms with Gasteiger partial charge >= 0.3 is 6.01 Å². The molecule has 4 aliphatic rings. The highest BCUT2D eigenvalue weighted by atomic mass is 19.1. The molecule has 4 aromatic rings. The zero-order valence-electron chi connectivity index (χ0n) is 30.1. The lowest BCUT2D eigenvalue weighted by molar-refractivity contribution is -0.0366. The first kappa shape index (κ1) is 35.5. The van der Waals surface area contributed by atoms with E-state index in [0.717, 1.165) is 93.0 Å². The summed E-state index contributed by atoms with van der Waals surface area (Å²) in [6, 6.07) is 1.95. The van der Waals surface area contributed by atoms with E-state index in [-0.39, 0.29) is 35.4 Å². The summed E-state index contributed by atoms with van der Waals surface area (Å²) in [4.78, 5) is 15.3. The number of fused-ring (bicyclic) bond motifs is 3. The summed E-state index contributed by atoms with van der Waals surface area (Å²) >= 11 is 0. The smallest absolute Gasteiger partial charge is 0.320 e. The molecule has 280 valence electrons. The highest BCUT2D eigenvalue weighted by molar-refractivity contribution is 5.99. The number of hydrogen-bond acceptors (Lipinski definition) is 10. The van der Waals surface area contributed by atoms with Crippen LogP contribution in [0.5, 0.6) is 11.9 Å². The Labute approximate surface area is 303 Å². The van der Waals surface area contributed by atoms with E-state index in [1.165, 1.54) is 19.0 Å². The van der Waals surface area contributed by atoms with Crippen molar-refractivity contribution in [2.24, 2.45) is 5.92 Å². The fraction of sp³-hybridized carbons (Fsp3) is 0.641. The molecule has 0 radical (unpaired) electrons. The molecule has 7 heterocycles. The molecular weight excluding hydrogens is 668 g/mol. The lowest BCUT2D eigenvalue weighted by Gasteiger charge is -2.30. The fourth-order valence-corrected chi connectivity index (χ4v) is 9.26. The summed E-state index contributed by atoms with van der Waals surface area (Å²) in [5.41, 5.74) is 2.93. The van der Waals surface area contributed by atoms with Gasteiger partial charge in [0, 0.05) is 36.7 Å². The minimum Gasteiger partial charge on any atom is -0.493 e. The minimum atomic E-state index is -0.919. The van der Waals surface area contributed by atoms with Crippen molar-refractivity contribution in [2.45, 2.75) is 114 Å². The molecule has 0 saturated carbocycles. The Kier molecular flexibility index (Phi) is 10.3. The molecule has 4 fully saturated rings. The van der Waals surface area contributed by atoms with Crippen LogP contribution in [-0.2, 0) is 11.2 Å². The maximum Gasteiger partial charge on any atom is 0.320 e. The fourth-order valence-electron chi connectivity index (χ4n) is 9.26. The maximum absolute atomic E-state index is 17.0. The number of aromatic nitrogens is 5. The van der Waals surface area contributed by atoms with Gasteiger partial charge < -0.3 is 25.0 Å². The van der Waals surface area contributed by atoms with Crippen LogP contribution in [-0.4, -0.2) is 97.1 Å². The van der Waals surface area contributed by atoms with Gasteiger partial charge in [0.05, 0.1) is 28.7 Å². The molecule has 4 aliphatic heterocycles. The third-order valence-corrected chi connectivity index (χ3v) is 12.0. The Morgan fingerprint density at radius 3 is 2.87 bits per heavy atom. The summed E-state index contributed by atoms with van der Waals surface area (Å²) in [7, 11) is 0. The SMILES string of the molecule is Cc1cc2c(cnn2C2CCCCO2)c(-c2ncc3c(O)nc(OC[C@@]45CCCN4C[C@H](F)C5)nc3c2F)c1CCCC(O)CCC1CCCNC1. The van der Waals surface area contributed by atoms with E-state index < -0.39 is 29.5 Å². The molecule has 5 atom stereocenters. The van der Waals surface area contributed by atoms with E-state index in [1.54, 1.807) is 6.20 Å². The van der Waals surface area contributed by atoms with Crippen molar-refractivity contribution in [2.75, 3.05) is 39.4 Å². The number of aryl methyl sites for hydroxylation is 1. The number of nitrogens with zero attached hydrogens (tertiary/aromatic N) is 6. The Morgan fingerprint density at radius 1 is 1.13 bits per heavy atom. The molecule has 13 heteroatoms. The first-order chi connectivity index (χ1) is 25.3. The Hall–Kier alpha value is -3.52. The van der Waals surface area contributed by atoms with Crippen LogP contribution in [0.1, 0.15) is 94.4 Å². The number of halogens is 2. The predicted octanol–water partition coefficient (Wildman–Crippen LogP) is 6.31. The number of piperidine rings is 1. The minimum absolute atomic E-state index is 0.0759. The second-order valence-electron chi connectivity index (χ2n) is 15.6. The van der Waals surface area contributed by atoms with Crippen LogP contribution < -0.4 is 10.1 Å². The molecule has 0 amide bonds. The van der Waals surface area contributed by atoms with Gasteiger partial charge in [-0.1, -0.05) is 0 Å². The van der Waals surface area contributed by atoms with Crippen molar-refractivity contribution in [1.29, 1.82) is 0 Å². The number of ether oxygens (including phenoxy) is 2. The van der Waals surface area contributed by atoms with E-state index in [2.05, 4.69) is 31.2 Å².